The lowest BCUT2D eigenvalue weighted by atomic mass is 10.3. The second-order valence-electron chi connectivity index (χ2n) is 2.99. The van der Waals surface area contributed by atoms with Crippen LogP contribution in [-0.4, -0.2) is 24.0 Å². The number of rotatable bonds is 3. The summed E-state index contributed by atoms with van der Waals surface area (Å²) in [6, 6.07) is 1.88. The zero-order chi connectivity index (χ0) is 9.84. The van der Waals surface area contributed by atoms with E-state index in [4.69, 9.17) is 23.2 Å². The van der Waals surface area contributed by atoms with E-state index in [0.717, 1.165) is 12.2 Å². The van der Waals surface area contributed by atoms with Gasteiger partial charge in [-0.2, -0.15) is 0 Å². The molecule has 72 valence electrons. The molecule has 0 aliphatic heterocycles. The number of alkyl halides is 1. The summed E-state index contributed by atoms with van der Waals surface area (Å²) in [4.78, 5) is 5.93. The Hall–Kier alpha value is -0.470. The van der Waals surface area contributed by atoms with Crippen LogP contribution in [-0.2, 0) is 0 Å². The Balaban J connectivity index is 2.76. The first-order valence-corrected chi connectivity index (χ1v) is 4.87. The normalized spacial score (nSPS) is 12.6. The standard InChI is InChI=1S/C9H12Cl2N2/c1-7(10)6-13(2)9-3-4-12-5-8(9)11/h3-5,7H,6H2,1-2H3. The molecule has 1 aromatic heterocycles. The molecular formula is C9H12Cl2N2. The molecular weight excluding hydrogens is 207 g/mol. The monoisotopic (exact) mass is 218 g/mol. The summed E-state index contributed by atoms with van der Waals surface area (Å²) in [6.45, 7) is 2.72. The van der Waals surface area contributed by atoms with Gasteiger partial charge < -0.3 is 4.90 Å². The highest BCUT2D eigenvalue weighted by molar-refractivity contribution is 6.33. The third-order valence-corrected chi connectivity index (χ3v) is 2.12. The molecule has 13 heavy (non-hydrogen) atoms. The van der Waals surface area contributed by atoms with Crippen LogP contribution in [0.4, 0.5) is 5.69 Å². The van der Waals surface area contributed by atoms with Crippen molar-refractivity contribution in [2.75, 3.05) is 18.5 Å². The van der Waals surface area contributed by atoms with Crippen LogP contribution in [0.25, 0.3) is 0 Å². The molecule has 0 amide bonds. The molecule has 1 atom stereocenters. The van der Waals surface area contributed by atoms with Gasteiger partial charge >= 0.3 is 0 Å². The van der Waals surface area contributed by atoms with E-state index in [2.05, 4.69) is 4.98 Å². The van der Waals surface area contributed by atoms with Crippen LogP contribution in [0.3, 0.4) is 0 Å². The first-order chi connectivity index (χ1) is 6.11. The number of hydrogen-bond donors (Lipinski definition) is 0. The number of nitrogens with zero attached hydrogens (tertiary/aromatic N) is 2. The fraction of sp³-hybridized carbons (Fsp3) is 0.444. The summed E-state index contributed by atoms with van der Waals surface area (Å²) >= 11 is 11.8. The molecule has 1 aromatic rings. The average molecular weight is 219 g/mol. The maximum atomic E-state index is 5.96. The van der Waals surface area contributed by atoms with Crippen LogP contribution < -0.4 is 4.90 Å². The Morgan fingerprint density at radius 2 is 2.31 bits per heavy atom. The largest absolute Gasteiger partial charge is 0.372 e. The first kappa shape index (κ1) is 10.6. The van der Waals surface area contributed by atoms with Gasteiger partial charge in [0.15, 0.2) is 0 Å². The molecule has 0 radical (unpaired) electrons. The van der Waals surface area contributed by atoms with E-state index in [1.807, 2.05) is 24.9 Å². The van der Waals surface area contributed by atoms with Gasteiger partial charge in [0.05, 0.1) is 10.7 Å². The average Bonchev–Trinajstić information content (AvgIpc) is 2.03. The molecule has 2 nitrogen and oxygen atoms in total. The zero-order valence-corrected chi connectivity index (χ0v) is 9.18. The van der Waals surface area contributed by atoms with Crippen molar-refractivity contribution < 1.29 is 0 Å². The van der Waals surface area contributed by atoms with E-state index >= 15 is 0 Å². The minimum absolute atomic E-state index is 0.106. The van der Waals surface area contributed by atoms with Crippen molar-refractivity contribution in [2.24, 2.45) is 0 Å². The predicted molar refractivity (Wildman–Crippen MR) is 57.8 cm³/mol. The van der Waals surface area contributed by atoms with Gasteiger partial charge in [0.2, 0.25) is 0 Å². The van der Waals surface area contributed by atoms with E-state index in [9.17, 15) is 0 Å². The van der Waals surface area contributed by atoms with Gasteiger partial charge in [-0.15, -0.1) is 11.6 Å². The van der Waals surface area contributed by atoms with E-state index in [0.29, 0.717) is 5.02 Å². The summed E-state index contributed by atoms with van der Waals surface area (Å²) in [5.74, 6) is 0. The molecule has 0 aliphatic carbocycles. The van der Waals surface area contributed by atoms with Crippen molar-refractivity contribution in [3.8, 4) is 0 Å². The number of aromatic nitrogens is 1. The lowest BCUT2D eigenvalue weighted by molar-refractivity contribution is 0.858. The van der Waals surface area contributed by atoms with Gasteiger partial charge in [-0.05, 0) is 13.0 Å². The fourth-order valence-electron chi connectivity index (χ4n) is 1.15. The molecule has 0 N–H and O–H groups in total. The molecule has 0 bridgehead atoms. The van der Waals surface area contributed by atoms with Crippen LogP contribution in [0.5, 0.6) is 0 Å². The molecule has 0 aliphatic rings. The van der Waals surface area contributed by atoms with Gasteiger partial charge in [0.25, 0.3) is 0 Å². The Morgan fingerprint density at radius 1 is 1.62 bits per heavy atom. The summed E-state index contributed by atoms with van der Waals surface area (Å²) in [6.07, 6.45) is 3.35. The number of halogens is 2. The van der Waals surface area contributed by atoms with E-state index < -0.39 is 0 Å². The highest BCUT2D eigenvalue weighted by Crippen LogP contribution is 2.23. The van der Waals surface area contributed by atoms with Crippen molar-refractivity contribution in [1.82, 2.24) is 4.98 Å². The Morgan fingerprint density at radius 3 is 2.85 bits per heavy atom. The second kappa shape index (κ2) is 4.68. The van der Waals surface area contributed by atoms with Crippen LogP contribution in [0.1, 0.15) is 6.92 Å². The molecule has 0 aromatic carbocycles. The van der Waals surface area contributed by atoms with Crippen molar-refractivity contribution in [3.05, 3.63) is 23.5 Å². The molecule has 0 saturated carbocycles. The van der Waals surface area contributed by atoms with Crippen LogP contribution in [0.2, 0.25) is 5.02 Å². The lowest BCUT2D eigenvalue weighted by Crippen LogP contribution is -2.24. The van der Waals surface area contributed by atoms with Crippen LogP contribution >= 0.6 is 23.2 Å². The van der Waals surface area contributed by atoms with Gasteiger partial charge in [0.1, 0.15) is 0 Å². The molecule has 0 spiro atoms. The summed E-state index contributed by atoms with van der Waals surface area (Å²) < 4.78 is 0. The second-order valence-corrected chi connectivity index (χ2v) is 4.14. The first-order valence-electron chi connectivity index (χ1n) is 4.06. The topological polar surface area (TPSA) is 16.1 Å². The van der Waals surface area contributed by atoms with E-state index in [-0.39, 0.29) is 5.38 Å². The zero-order valence-electron chi connectivity index (χ0n) is 7.67. The summed E-state index contributed by atoms with van der Waals surface area (Å²) in [5.41, 5.74) is 0.962. The Bertz CT molecular complexity index is 276. The molecule has 1 unspecified atom stereocenters. The van der Waals surface area contributed by atoms with Crippen LogP contribution in [0.15, 0.2) is 18.5 Å². The third kappa shape index (κ3) is 3.05. The molecule has 0 fully saturated rings. The number of hydrogen-bond acceptors (Lipinski definition) is 2. The third-order valence-electron chi connectivity index (χ3n) is 1.69. The maximum absolute atomic E-state index is 5.96. The Labute approximate surface area is 88.5 Å². The number of pyridine rings is 1. The Kier molecular flexibility index (Phi) is 3.82. The maximum Gasteiger partial charge on any atom is 0.0822 e. The minimum Gasteiger partial charge on any atom is -0.372 e. The number of anilines is 1. The van der Waals surface area contributed by atoms with Crippen molar-refractivity contribution in [1.29, 1.82) is 0 Å². The molecule has 4 heteroatoms. The fourth-order valence-corrected chi connectivity index (χ4v) is 1.62. The van der Waals surface area contributed by atoms with Crippen molar-refractivity contribution in [3.63, 3.8) is 0 Å². The smallest absolute Gasteiger partial charge is 0.0822 e. The lowest BCUT2D eigenvalue weighted by Gasteiger charge is -2.21. The highest BCUT2D eigenvalue weighted by atomic mass is 35.5. The van der Waals surface area contributed by atoms with Crippen LogP contribution in [0, 0.1) is 0 Å². The van der Waals surface area contributed by atoms with E-state index in [1.54, 1.807) is 12.4 Å². The molecule has 1 rings (SSSR count). The van der Waals surface area contributed by atoms with Crippen molar-refractivity contribution >= 4 is 28.9 Å². The molecule has 0 saturated heterocycles. The summed E-state index contributed by atoms with van der Waals surface area (Å²) in [7, 11) is 1.96. The van der Waals surface area contributed by atoms with Gasteiger partial charge in [-0.3, -0.25) is 4.98 Å². The van der Waals surface area contributed by atoms with Gasteiger partial charge in [0, 0.05) is 31.4 Å². The minimum atomic E-state index is 0.106. The SMILES string of the molecule is CC(Cl)CN(C)c1ccncc1Cl. The predicted octanol–water partition coefficient (Wildman–Crippen LogP) is 2.80. The molecule has 1 heterocycles. The quantitative estimate of drug-likeness (QED) is 0.726. The van der Waals surface area contributed by atoms with E-state index in [1.165, 1.54) is 0 Å². The van der Waals surface area contributed by atoms with Gasteiger partial charge in [-0.1, -0.05) is 11.6 Å². The highest BCUT2D eigenvalue weighted by Gasteiger charge is 2.07. The summed E-state index contributed by atoms with van der Waals surface area (Å²) in [5, 5.41) is 0.761. The van der Waals surface area contributed by atoms with Crippen molar-refractivity contribution in [2.45, 2.75) is 12.3 Å². The van der Waals surface area contributed by atoms with Gasteiger partial charge in [-0.25, -0.2) is 0 Å².